The van der Waals surface area contributed by atoms with Gasteiger partial charge in [-0.05, 0) is 37.3 Å². The van der Waals surface area contributed by atoms with Crippen LogP contribution in [0, 0.1) is 0 Å². The van der Waals surface area contributed by atoms with Crippen molar-refractivity contribution < 1.29 is 8.42 Å². The highest BCUT2D eigenvalue weighted by molar-refractivity contribution is 7.89. The highest BCUT2D eigenvalue weighted by atomic mass is 32.2. The first kappa shape index (κ1) is 13.1. The van der Waals surface area contributed by atoms with E-state index in [4.69, 9.17) is 0 Å². The molecule has 1 aromatic carbocycles. The number of sulfonamides is 1. The monoisotopic (exact) mass is 280 g/mol. The maximum absolute atomic E-state index is 12.6. The van der Waals surface area contributed by atoms with Crippen LogP contribution in [0.5, 0.6) is 0 Å². The SMILES string of the molecule is CN(C1CC1)S(=O)(=O)c1ccccc1CNC1CC1. The summed E-state index contributed by atoms with van der Waals surface area (Å²) < 4.78 is 26.7. The van der Waals surface area contributed by atoms with Crippen LogP contribution in [0.3, 0.4) is 0 Å². The quantitative estimate of drug-likeness (QED) is 0.863. The molecule has 0 heterocycles. The number of nitrogens with one attached hydrogen (secondary N) is 1. The lowest BCUT2D eigenvalue weighted by Gasteiger charge is -2.19. The molecule has 0 unspecified atom stereocenters. The van der Waals surface area contributed by atoms with Crippen LogP contribution < -0.4 is 5.32 Å². The van der Waals surface area contributed by atoms with E-state index in [1.807, 2.05) is 12.1 Å². The van der Waals surface area contributed by atoms with Gasteiger partial charge in [0.1, 0.15) is 0 Å². The van der Waals surface area contributed by atoms with Crippen molar-refractivity contribution in [1.82, 2.24) is 9.62 Å². The van der Waals surface area contributed by atoms with Crippen LogP contribution in [0.4, 0.5) is 0 Å². The lowest BCUT2D eigenvalue weighted by molar-refractivity contribution is 0.463. The van der Waals surface area contributed by atoms with Crippen LogP contribution >= 0.6 is 0 Å². The highest BCUT2D eigenvalue weighted by Gasteiger charge is 2.36. The second-order valence-electron chi connectivity index (χ2n) is 5.52. The Hall–Kier alpha value is -0.910. The molecule has 0 bridgehead atoms. The number of benzene rings is 1. The maximum atomic E-state index is 12.6. The van der Waals surface area contributed by atoms with Crippen LogP contribution in [0.2, 0.25) is 0 Å². The number of rotatable bonds is 6. The standard InChI is InChI=1S/C14H20N2O2S/c1-16(13-8-9-13)19(17,18)14-5-3-2-4-11(14)10-15-12-6-7-12/h2-5,12-13,15H,6-10H2,1H3. The Balaban J connectivity index is 1.85. The average Bonchev–Trinajstić information content (AvgIpc) is 3.29. The summed E-state index contributed by atoms with van der Waals surface area (Å²) >= 11 is 0. The molecule has 2 fully saturated rings. The lowest BCUT2D eigenvalue weighted by atomic mass is 10.2. The van der Waals surface area contributed by atoms with Crippen molar-refractivity contribution >= 4 is 10.0 Å². The van der Waals surface area contributed by atoms with Crippen molar-refractivity contribution in [2.45, 2.75) is 49.2 Å². The van der Waals surface area contributed by atoms with Crippen LogP contribution in [0.1, 0.15) is 31.2 Å². The van der Waals surface area contributed by atoms with Gasteiger partial charge in [-0.3, -0.25) is 0 Å². The first-order valence-corrected chi connectivity index (χ1v) is 8.32. The van der Waals surface area contributed by atoms with Gasteiger partial charge in [-0.1, -0.05) is 18.2 Å². The Kier molecular flexibility index (Phi) is 3.37. The van der Waals surface area contributed by atoms with Gasteiger partial charge in [0.25, 0.3) is 0 Å². The fourth-order valence-electron chi connectivity index (χ4n) is 2.23. The summed E-state index contributed by atoms with van der Waals surface area (Å²) in [5.41, 5.74) is 0.877. The molecular weight excluding hydrogens is 260 g/mol. The topological polar surface area (TPSA) is 49.4 Å². The zero-order valence-electron chi connectivity index (χ0n) is 11.2. The fraction of sp³-hybridized carbons (Fsp3) is 0.571. The molecule has 0 amide bonds. The summed E-state index contributed by atoms with van der Waals surface area (Å²) in [6.45, 7) is 0.637. The Bertz CT molecular complexity index is 563. The molecule has 3 rings (SSSR count). The summed E-state index contributed by atoms with van der Waals surface area (Å²) in [5, 5.41) is 3.39. The van der Waals surface area contributed by atoms with Crippen molar-refractivity contribution in [2.24, 2.45) is 0 Å². The van der Waals surface area contributed by atoms with E-state index in [9.17, 15) is 8.42 Å². The molecular formula is C14H20N2O2S. The minimum atomic E-state index is -3.34. The van der Waals surface area contributed by atoms with Crippen molar-refractivity contribution in [3.05, 3.63) is 29.8 Å². The van der Waals surface area contributed by atoms with Gasteiger partial charge in [-0.25, -0.2) is 8.42 Å². The van der Waals surface area contributed by atoms with E-state index in [1.54, 1.807) is 19.2 Å². The fourth-order valence-corrected chi connectivity index (χ4v) is 3.87. The summed E-state index contributed by atoms with van der Waals surface area (Å²) in [4.78, 5) is 0.456. The predicted molar refractivity (Wildman–Crippen MR) is 74.3 cm³/mol. The van der Waals surface area contributed by atoms with Crippen LogP contribution in [-0.2, 0) is 16.6 Å². The van der Waals surface area contributed by atoms with Gasteiger partial charge in [0, 0.05) is 25.7 Å². The zero-order chi connectivity index (χ0) is 13.5. The maximum Gasteiger partial charge on any atom is 0.243 e. The third kappa shape index (κ3) is 2.83. The molecule has 104 valence electrons. The number of nitrogens with zero attached hydrogens (tertiary/aromatic N) is 1. The largest absolute Gasteiger partial charge is 0.310 e. The summed E-state index contributed by atoms with van der Waals surface area (Å²) in [5.74, 6) is 0. The summed E-state index contributed by atoms with van der Waals surface area (Å²) in [6.07, 6.45) is 4.38. The van der Waals surface area contributed by atoms with Crippen molar-refractivity contribution in [3.8, 4) is 0 Å². The smallest absolute Gasteiger partial charge is 0.243 e. The second kappa shape index (κ2) is 4.89. The van der Waals surface area contributed by atoms with Crippen LogP contribution in [0.25, 0.3) is 0 Å². The van der Waals surface area contributed by atoms with E-state index < -0.39 is 10.0 Å². The third-order valence-electron chi connectivity index (χ3n) is 3.85. The molecule has 2 aliphatic rings. The molecule has 0 aliphatic heterocycles. The van der Waals surface area contributed by atoms with E-state index in [1.165, 1.54) is 17.1 Å². The minimum absolute atomic E-state index is 0.203. The summed E-state index contributed by atoms with van der Waals surface area (Å²) in [6, 6.07) is 8.11. The molecule has 5 heteroatoms. The van der Waals surface area contributed by atoms with Crippen molar-refractivity contribution in [3.63, 3.8) is 0 Å². The van der Waals surface area contributed by atoms with E-state index in [2.05, 4.69) is 5.32 Å². The minimum Gasteiger partial charge on any atom is -0.310 e. The molecule has 19 heavy (non-hydrogen) atoms. The predicted octanol–water partition coefficient (Wildman–Crippen LogP) is 1.72. The Morgan fingerprint density at radius 1 is 1.21 bits per heavy atom. The first-order chi connectivity index (χ1) is 9.09. The molecule has 0 aromatic heterocycles. The average molecular weight is 280 g/mol. The van der Waals surface area contributed by atoms with E-state index >= 15 is 0 Å². The van der Waals surface area contributed by atoms with Gasteiger partial charge >= 0.3 is 0 Å². The molecule has 0 spiro atoms. The molecule has 2 saturated carbocycles. The van der Waals surface area contributed by atoms with Gasteiger partial charge in [0.15, 0.2) is 0 Å². The van der Waals surface area contributed by atoms with Gasteiger partial charge < -0.3 is 5.32 Å². The first-order valence-electron chi connectivity index (χ1n) is 6.88. The van der Waals surface area contributed by atoms with Crippen LogP contribution in [0.15, 0.2) is 29.2 Å². The van der Waals surface area contributed by atoms with Gasteiger partial charge in [0.2, 0.25) is 10.0 Å². The molecule has 0 saturated heterocycles. The Labute approximate surface area is 114 Å². The number of hydrogen-bond donors (Lipinski definition) is 1. The van der Waals surface area contributed by atoms with Crippen molar-refractivity contribution in [2.75, 3.05) is 7.05 Å². The van der Waals surface area contributed by atoms with Crippen molar-refractivity contribution in [1.29, 1.82) is 0 Å². The van der Waals surface area contributed by atoms with Gasteiger partial charge in [0.05, 0.1) is 4.90 Å². The van der Waals surface area contributed by atoms with E-state index in [0.717, 1.165) is 18.4 Å². The molecule has 4 nitrogen and oxygen atoms in total. The molecule has 0 atom stereocenters. The molecule has 2 aliphatic carbocycles. The van der Waals surface area contributed by atoms with Gasteiger partial charge in [-0.15, -0.1) is 0 Å². The number of hydrogen-bond acceptors (Lipinski definition) is 3. The molecule has 1 N–H and O–H groups in total. The van der Waals surface area contributed by atoms with Gasteiger partial charge in [-0.2, -0.15) is 4.31 Å². The summed E-state index contributed by atoms with van der Waals surface area (Å²) in [7, 11) is -1.65. The Morgan fingerprint density at radius 3 is 2.53 bits per heavy atom. The zero-order valence-corrected chi connectivity index (χ0v) is 12.0. The van der Waals surface area contributed by atoms with E-state index in [0.29, 0.717) is 17.5 Å². The Morgan fingerprint density at radius 2 is 1.89 bits per heavy atom. The molecule has 1 aromatic rings. The van der Waals surface area contributed by atoms with E-state index in [-0.39, 0.29) is 6.04 Å². The third-order valence-corrected chi connectivity index (χ3v) is 5.86. The van der Waals surface area contributed by atoms with Crippen LogP contribution in [-0.4, -0.2) is 31.9 Å². The second-order valence-corrected chi connectivity index (χ2v) is 7.48. The highest BCUT2D eigenvalue weighted by Crippen LogP contribution is 2.31. The lowest BCUT2D eigenvalue weighted by Crippen LogP contribution is -2.30. The molecule has 0 radical (unpaired) electrons. The normalized spacial score (nSPS) is 19.9.